The zero-order valence-corrected chi connectivity index (χ0v) is 11.8. The molecular weight excluding hydrogens is 248 g/mol. The second kappa shape index (κ2) is 6.41. The standard InChI is InChI=1S/C14H21ClN2O/c1-11(10-17-7-5-16-6-8-17)12-3-4-14(18-2)13(15)9-12/h3-4,9,11,16H,5-8,10H2,1-2H3. The van der Waals surface area contributed by atoms with Gasteiger partial charge in [-0.1, -0.05) is 24.6 Å². The van der Waals surface area contributed by atoms with Crippen LogP contribution in [-0.2, 0) is 0 Å². The Kier molecular flexibility index (Phi) is 4.87. The molecule has 100 valence electrons. The lowest BCUT2D eigenvalue weighted by molar-refractivity contribution is 0.230. The van der Waals surface area contributed by atoms with Crippen molar-refractivity contribution in [2.75, 3.05) is 39.8 Å². The molecule has 1 aliphatic heterocycles. The Hall–Kier alpha value is -0.770. The van der Waals surface area contributed by atoms with Crippen LogP contribution in [0, 0.1) is 0 Å². The highest BCUT2D eigenvalue weighted by Gasteiger charge is 2.15. The summed E-state index contributed by atoms with van der Waals surface area (Å²) >= 11 is 6.17. The van der Waals surface area contributed by atoms with E-state index in [0.717, 1.165) is 38.5 Å². The summed E-state index contributed by atoms with van der Waals surface area (Å²) in [5.41, 5.74) is 1.28. The molecular formula is C14H21ClN2O. The van der Waals surface area contributed by atoms with Gasteiger partial charge in [-0.2, -0.15) is 0 Å². The molecule has 1 fully saturated rings. The molecule has 1 heterocycles. The number of piperazine rings is 1. The first kappa shape index (κ1) is 13.7. The lowest BCUT2D eigenvalue weighted by Crippen LogP contribution is -2.44. The van der Waals surface area contributed by atoms with Gasteiger partial charge in [-0.15, -0.1) is 0 Å². The van der Waals surface area contributed by atoms with Crippen molar-refractivity contribution in [1.29, 1.82) is 0 Å². The molecule has 0 amide bonds. The van der Waals surface area contributed by atoms with Gasteiger partial charge in [0.15, 0.2) is 0 Å². The van der Waals surface area contributed by atoms with Crippen LogP contribution in [0.15, 0.2) is 18.2 Å². The summed E-state index contributed by atoms with van der Waals surface area (Å²) in [6.45, 7) is 7.79. The molecule has 4 heteroatoms. The van der Waals surface area contributed by atoms with Gasteiger partial charge < -0.3 is 15.0 Å². The summed E-state index contributed by atoms with van der Waals surface area (Å²) in [6, 6.07) is 6.08. The predicted octanol–water partition coefficient (Wildman–Crippen LogP) is 2.36. The Morgan fingerprint density at radius 1 is 1.39 bits per heavy atom. The maximum absolute atomic E-state index is 6.17. The number of methoxy groups -OCH3 is 1. The first-order valence-electron chi connectivity index (χ1n) is 6.47. The summed E-state index contributed by atoms with van der Waals surface area (Å²) in [6.07, 6.45) is 0. The van der Waals surface area contributed by atoms with E-state index in [4.69, 9.17) is 16.3 Å². The predicted molar refractivity (Wildman–Crippen MR) is 75.7 cm³/mol. The van der Waals surface area contributed by atoms with Gasteiger partial charge in [-0.05, 0) is 23.6 Å². The monoisotopic (exact) mass is 268 g/mol. The zero-order valence-electron chi connectivity index (χ0n) is 11.1. The fraction of sp³-hybridized carbons (Fsp3) is 0.571. The quantitative estimate of drug-likeness (QED) is 0.907. The molecule has 18 heavy (non-hydrogen) atoms. The van der Waals surface area contributed by atoms with Crippen molar-refractivity contribution < 1.29 is 4.74 Å². The SMILES string of the molecule is COc1ccc(C(C)CN2CCNCC2)cc1Cl. The van der Waals surface area contributed by atoms with E-state index in [1.165, 1.54) is 5.56 Å². The molecule has 0 bridgehead atoms. The fourth-order valence-electron chi connectivity index (χ4n) is 2.38. The Morgan fingerprint density at radius 2 is 2.11 bits per heavy atom. The molecule has 0 spiro atoms. The van der Waals surface area contributed by atoms with Crippen LogP contribution >= 0.6 is 11.6 Å². The number of rotatable bonds is 4. The number of halogens is 1. The molecule has 3 nitrogen and oxygen atoms in total. The lowest BCUT2D eigenvalue weighted by Gasteiger charge is -2.29. The molecule has 1 unspecified atom stereocenters. The maximum Gasteiger partial charge on any atom is 0.137 e. The second-order valence-corrected chi connectivity index (χ2v) is 5.25. The van der Waals surface area contributed by atoms with Crippen molar-refractivity contribution in [1.82, 2.24) is 10.2 Å². The Labute approximate surface area is 114 Å². The van der Waals surface area contributed by atoms with Gasteiger partial charge in [-0.25, -0.2) is 0 Å². The van der Waals surface area contributed by atoms with Crippen LogP contribution < -0.4 is 10.1 Å². The average Bonchev–Trinajstić information content (AvgIpc) is 2.39. The van der Waals surface area contributed by atoms with E-state index >= 15 is 0 Å². The summed E-state index contributed by atoms with van der Waals surface area (Å²) in [5, 5.41) is 4.07. The number of nitrogens with zero attached hydrogens (tertiary/aromatic N) is 1. The highest BCUT2D eigenvalue weighted by Crippen LogP contribution is 2.28. The number of nitrogens with one attached hydrogen (secondary N) is 1. The van der Waals surface area contributed by atoms with Crippen LogP contribution in [0.25, 0.3) is 0 Å². The van der Waals surface area contributed by atoms with Crippen molar-refractivity contribution in [2.24, 2.45) is 0 Å². The highest BCUT2D eigenvalue weighted by molar-refractivity contribution is 6.32. The Balaban J connectivity index is 1.99. The van der Waals surface area contributed by atoms with Gasteiger partial charge in [0.1, 0.15) is 5.75 Å². The molecule has 0 saturated carbocycles. The summed E-state index contributed by atoms with van der Waals surface area (Å²) in [5.74, 6) is 1.24. The topological polar surface area (TPSA) is 24.5 Å². The summed E-state index contributed by atoms with van der Waals surface area (Å²) in [4.78, 5) is 2.50. The van der Waals surface area contributed by atoms with Gasteiger partial charge in [0.05, 0.1) is 12.1 Å². The van der Waals surface area contributed by atoms with E-state index in [2.05, 4.69) is 23.2 Å². The van der Waals surface area contributed by atoms with Crippen LogP contribution in [0.3, 0.4) is 0 Å². The third-order valence-electron chi connectivity index (χ3n) is 3.49. The van der Waals surface area contributed by atoms with Crippen molar-refractivity contribution >= 4 is 11.6 Å². The van der Waals surface area contributed by atoms with Crippen molar-refractivity contribution in [3.8, 4) is 5.75 Å². The minimum atomic E-state index is 0.492. The third-order valence-corrected chi connectivity index (χ3v) is 3.78. The molecule has 1 aromatic carbocycles. The Bertz CT molecular complexity index is 391. The van der Waals surface area contributed by atoms with E-state index < -0.39 is 0 Å². The second-order valence-electron chi connectivity index (χ2n) is 4.85. The third kappa shape index (κ3) is 3.37. The van der Waals surface area contributed by atoms with Gasteiger partial charge in [0.2, 0.25) is 0 Å². The largest absolute Gasteiger partial charge is 0.495 e. The number of ether oxygens (including phenoxy) is 1. The summed E-state index contributed by atoms with van der Waals surface area (Å²) < 4.78 is 5.18. The first-order valence-corrected chi connectivity index (χ1v) is 6.85. The first-order chi connectivity index (χ1) is 8.70. The van der Waals surface area contributed by atoms with Crippen LogP contribution in [0.5, 0.6) is 5.75 Å². The van der Waals surface area contributed by atoms with E-state index in [9.17, 15) is 0 Å². The van der Waals surface area contributed by atoms with Crippen molar-refractivity contribution in [2.45, 2.75) is 12.8 Å². The normalized spacial score (nSPS) is 18.6. The van der Waals surface area contributed by atoms with E-state index in [1.807, 2.05) is 12.1 Å². The van der Waals surface area contributed by atoms with Crippen LogP contribution in [0.1, 0.15) is 18.4 Å². The summed E-state index contributed by atoms with van der Waals surface area (Å²) in [7, 11) is 1.64. The lowest BCUT2D eigenvalue weighted by atomic mass is 10.00. The Morgan fingerprint density at radius 3 is 2.72 bits per heavy atom. The van der Waals surface area contributed by atoms with Crippen molar-refractivity contribution in [3.05, 3.63) is 28.8 Å². The van der Waals surface area contributed by atoms with Crippen molar-refractivity contribution in [3.63, 3.8) is 0 Å². The molecule has 1 atom stereocenters. The number of hydrogen-bond acceptors (Lipinski definition) is 3. The van der Waals surface area contributed by atoms with Crippen LogP contribution in [-0.4, -0.2) is 44.7 Å². The van der Waals surface area contributed by atoms with E-state index in [1.54, 1.807) is 7.11 Å². The molecule has 2 rings (SSSR count). The number of hydrogen-bond donors (Lipinski definition) is 1. The highest BCUT2D eigenvalue weighted by atomic mass is 35.5. The minimum absolute atomic E-state index is 0.492. The maximum atomic E-state index is 6.17. The van der Waals surface area contributed by atoms with E-state index in [-0.39, 0.29) is 0 Å². The average molecular weight is 269 g/mol. The zero-order chi connectivity index (χ0) is 13.0. The molecule has 0 radical (unpaired) electrons. The molecule has 0 aliphatic carbocycles. The van der Waals surface area contributed by atoms with E-state index in [0.29, 0.717) is 10.9 Å². The molecule has 1 saturated heterocycles. The molecule has 1 N–H and O–H groups in total. The molecule has 1 aromatic rings. The van der Waals surface area contributed by atoms with Gasteiger partial charge in [0.25, 0.3) is 0 Å². The van der Waals surface area contributed by atoms with Gasteiger partial charge in [0, 0.05) is 32.7 Å². The number of benzene rings is 1. The van der Waals surface area contributed by atoms with Gasteiger partial charge in [-0.3, -0.25) is 0 Å². The van der Waals surface area contributed by atoms with Crippen LogP contribution in [0.2, 0.25) is 5.02 Å². The fourth-order valence-corrected chi connectivity index (χ4v) is 2.64. The molecule has 0 aromatic heterocycles. The smallest absolute Gasteiger partial charge is 0.137 e. The minimum Gasteiger partial charge on any atom is -0.495 e. The van der Waals surface area contributed by atoms with Crippen LogP contribution in [0.4, 0.5) is 0 Å². The van der Waals surface area contributed by atoms with Gasteiger partial charge >= 0.3 is 0 Å². The molecule has 1 aliphatic rings.